The maximum Gasteiger partial charge on any atom is 0.203 e. The fraction of sp³-hybridized carbons (Fsp3) is 0.350. The molecule has 152 valence electrons. The molecule has 7 nitrogen and oxygen atoms in total. The van der Waals surface area contributed by atoms with Gasteiger partial charge in [0.1, 0.15) is 11.9 Å². The minimum atomic E-state index is -0.0836. The zero-order chi connectivity index (χ0) is 20.5. The normalized spacial score (nSPS) is 12.1. The van der Waals surface area contributed by atoms with E-state index in [9.17, 15) is 0 Å². The van der Waals surface area contributed by atoms with Crippen LogP contribution in [0.15, 0.2) is 41.4 Å². The summed E-state index contributed by atoms with van der Waals surface area (Å²) in [5, 5.41) is 7.11. The van der Waals surface area contributed by atoms with E-state index in [0.29, 0.717) is 34.8 Å². The number of aliphatic imine (C=N–C) groups is 1. The minimum Gasteiger partial charge on any atom is -0.493 e. The molecule has 8 heteroatoms. The summed E-state index contributed by atoms with van der Waals surface area (Å²) in [6.45, 7) is 2.51. The molecule has 2 rings (SSSR count). The lowest BCUT2D eigenvalue weighted by Gasteiger charge is -2.19. The molecule has 1 unspecified atom stereocenters. The second kappa shape index (κ2) is 10.5. The lowest BCUT2D eigenvalue weighted by Crippen LogP contribution is -2.37. The molecule has 2 aromatic carbocycles. The van der Waals surface area contributed by atoms with Crippen molar-refractivity contribution in [1.29, 1.82) is 0 Å². The lowest BCUT2D eigenvalue weighted by molar-refractivity contribution is 0.224. The Morgan fingerprint density at radius 1 is 1.04 bits per heavy atom. The Balaban J connectivity index is 1.99. The standard InChI is InChI=1S/C20H26ClN3O4/c1-13(28-16-8-6-14(21)7-9-16)12-23-20(22-2)24-15-10-17(25-3)19(27-5)18(11-15)26-4/h6-11,13H,12H2,1-5H3,(H2,22,23,24). The summed E-state index contributed by atoms with van der Waals surface area (Å²) in [5.74, 6) is 2.98. The molecule has 0 heterocycles. The Morgan fingerprint density at radius 2 is 1.64 bits per heavy atom. The number of hydrogen-bond acceptors (Lipinski definition) is 5. The molecule has 28 heavy (non-hydrogen) atoms. The predicted octanol–water partition coefficient (Wildman–Crippen LogP) is 3.82. The van der Waals surface area contributed by atoms with Crippen molar-refractivity contribution in [1.82, 2.24) is 5.32 Å². The SMILES string of the molecule is CN=C(NCC(C)Oc1ccc(Cl)cc1)Nc1cc(OC)c(OC)c(OC)c1. The van der Waals surface area contributed by atoms with E-state index in [1.54, 1.807) is 40.5 Å². The number of guanidine groups is 1. The molecule has 2 aromatic rings. The average molecular weight is 408 g/mol. The third kappa shape index (κ3) is 5.85. The van der Waals surface area contributed by atoms with E-state index in [1.165, 1.54) is 0 Å². The van der Waals surface area contributed by atoms with Gasteiger partial charge >= 0.3 is 0 Å². The van der Waals surface area contributed by atoms with Crippen molar-refractivity contribution in [2.45, 2.75) is 13.0 Å². The first-order valence-electron chi connectivity index (χ1n) is 8.70. The molecule has 0 fully saturated rings. The summed E-state index contributed by atoms with van der Waals surface area (Å²) in [6, 6.07) is 10.9. The van der Waals surface area contributed by atoms with Crippen LogP contribution in [-0.4, -0.2) is 47.0 Å². The van der Waals surface area contributed by atoms with Crippen molar-refractivity contribution in [3.8, 4) is 23.0 Å². The number of nitrogens with one attached hydrogen (secondary N) is 2. The Hall–Kier alpha value is -2.80. The Kier molecular flexibility index (Phi) is 8.07. The van der Waals surface area contributed by atoms with Gasteiger partial charge in [-0.15, -0.1) is 0 Å². The van der Waals surface area contributed by atoms with E-state index in [2.05, 4.69) is 15.6 Å². The first kappa shape index (κ1) is 21.5. The summed E-state index contributed by atoms with van der Waals surface area (Å²) in [7, 11) is 6.40. The number of halogens is 1. The highest BCUT2D eigenvalue weighted by Crippen LogP contribution is 2.39. The molecular formula is C20H26ClN3O4. The van der Waals surface area contributed by atoms with Gasteiger partial charge in [-0.05, 0) is 31.2 Å². The van der Waals surface area contributed by atoms with Gasteiger partial charge in [-0.2, -0.15) is 0 Å². The Bertz CT molecular complexity index is 772. The molecule has 2 N–H and O–H groups in total. The van der Waals surface area contributed by atoms with Crippen LogP contribution in [0.1, 0.15) is 6.92 Å². The van der Waals surface area contributed by atoms with Crippen molar-refractivity contribution >= 4 is 23.2 Å². The third-order valence-corrected chi connectivity index (χ3v) is 4.11. The van der Waals surface area contributed by atoms with Crippen LogP contribution in [0.4, 0.5) is 5.69 Å². The zero-order valence-corrected chi connectivity index (χ0v) is 17.5. The van der Waals surface area contributed by atoms with E-state index < -0.39 is 0 Å². The molecule has 0 spiro atoms. The van der Waals surface area contributed by atoms with Crippen LogP contribution in [0, 0.1) is 0 Å². The quantitative estimate of drug-likeness (QED) is 0.512. The van der Waals surface area contributed by atoms with Gasteiger partial charge in [-0.1, -0.05) is 11.6 Å². The average Bonchev–Trinajstić information content (AvgIpc) is 2.71. The molecule has 0 aliphatic rings. The second-order valence-electron chi connectivity index (χ2n) is 5.87. The molecule has 0 saturated heterocycles. The summed E-state index contributed by atoms with van der Waals surface area (Å²) >= 11 is 5.89. The molecule has 1 atom stereocenters. The van der Waals surface area contributed by atoms with Gasteiger partial charge < -0.3 is 29.6 Å². The van der Waals surface area contributed by atoms with Crippen molar-refractivity contribution in [2.75, 3.05) is 40.2 Å². The first-order chi connectivity index (χ1) is 13.5. The van der Waals surface area contributed by atoms with E-state index in [0.717, 1.165) is 11.4 Å². The number of anilines is 1. The third-order valence-electron chi connectivity index (χ3n) is 3.86. The van der Waals surface area contributed by atoms with Crippen molar-refractivity contribution < 1.29 is 18.9 Å². The van der Waals surface area contributed by atoms with Crippen LogP contribution in [0.3, 0.4) is 0 Å². The van der Waals surface area contributed by atoms with Crippen LogP contribution >= 0.6 is 11.6 Å². The lowest BCUT2D eigenvalue weighted by atomic mass is 10.2. The highest BCUT2D eigenvalue weighted by Gasteiger charge is 2.14. The number of methoxy groups -OCH3 is 3. The van der Waals surface area contributed by atoms with E-state index in [4.69, 9.17) is 30.5 Å². The van der Waals surface area contributed by atoms with Crippen LogP contribution in [0.25, 0.3) is 0 Å². The molecule has 0 radical (unpaired) electrons. The van der Waals surface area contributed by atoms with Gasteiger partial charge in [0.05, 0.1) is 27.9 Å². The minimum absolute atomic E-state index is 0.0836. The number of benzene rings is 2. The highest BCUT2D eigenvalue weighted by molar-refractivity contribution is 6.30. The van der Waals surface area contributed by atoms with Crippen LogP contribution < -0.4 is 29.6 Å². The van der Waals surface area contributed by atoms with Gasteiger partial charge in [0.25, 0.3) is 0 Å². The smallest absolute Gasteiger partial charge is 0.203 e. The van der Waals surface area contributed by atoms with Crippen molar-refractivity contribution in [3.63, 3.8) is 0 Å². The topological polar surface area (TPSA) is 73.3 Å². The van der Waals surface area contributed by atoms with Crippen molar-refractivity contribution in [3.05, 3.63) is 41.4 Å². The predicted molar refractivity (Wildman–Crippen MR) is 113 cm³/mol. The Labute approximate surface area is 170 Å². The maximum absolute atomic E-state index is 5.89. The Morgan fingerprint density at radius 3 is 2.14 bits per heavy atom. The molecule has 0 aliphatic heterocycles. The summed E-state index contributed by atoms with van der Waals surface area (Å²) < 4.78 is 21.9. The van der Waals surface area contributed by atoms with Crippen LogP contribution in [0.5, 0.6) is 23.0 Å². The first-order valence-corrected chi connectivity index (χ1v) is 9.08. The molecular weight excluding hydrogens is 382 g/mol. The maximum atomic E-state index is 5.89. The van der Waals surface area contributed by atoms with E-state index in [1.807, 2.05) is 31.2 Å². The van der Waals surface area contributed by atoms with Crippen LogP contribution in [0.2, 0.25) is 5.02 Å². The van der Waals surface area contributed by atoms with Gasteiger partial charge in [-0.3, -0.25) is 4.99 Å². The molecule has 0 aliphatic carbocycles. The number of rotatable bonds is 8. The number of ether oxygens (including phenoxy) is 4. The van der Waals surface area contributed by atoms with E-state index in [-0.39, 0.29) is 6.10 Å². The largest absolute Gasteiger partial charge is 0.493 e. The number of nitrogens with zero attached hydrogens (tertiary/aromatic N) is 1. The molecule has 0 bridgehead atoms. The number of hydrogen-bond donors (Lipinski definition) is 2. The monoisotopic (exact) mass is 407 g/mol. The van der Waals surface area contributed by atoms with Crippen molar-refractivity contribution in [2.24, 2.45) is 4.99 Å². The molecule has 0 saturated carbocycles. The summed E-state index contributed by atoms with van der Waals surface area (Å²) in [5.41, 5.74) is 0.744. The van der Waals surface area contributed by atoms with Gasteiger partial charge in [-0.25, -0.2) is 0 Å². The summed E-state index contributed by atoms with van der Waals surface area (Å²) in [4.78, 5) is 4.24. The highest BCUT2D eigenvalue weighted by atomic mass is 35.5. The molecule has 0 amide bonds. The molecule has 0 aromatic heterocycles. The summed E-state index contributed by atoms with van der Waals surface area (Å²) in [6.07, 6.45) is -0.0836. The van der Waals surface area contributed by atoms with Gasteiger partial charge in [0.15, 0.2) is 17.5 Å². The van der Waals surface area contributed by atoms with Gasteiger partial charge in [0, 0.05) is 29.9 Å². The zero-order valence-electron chi connectivity index (χ0n) is 16.7. The fourth-order valence-corrected chi connectivity index (χ4v) is 2.62. The van der Waals surface area contributed by atoms with E-state index >= 15 is 0 Å². The van der Waals surface area contributed by atoms with Crippen LogP contribution in [-0.2, 0) is 0 Å². The van der Waals surface area contributed by atoms with Gasteiger partial charge in [0.2, 0.25) is 5.75 Å². The fourth-order valence-electron chi connectivity index (χ4n) is 2.50. The second-order valence-corrected chi connectivity index (χ2v) is 6.31.